The van der Waals surface area contributed by atoms with Gasteiger partial charge in [-0.3, -0.25) is 0 Å². The largest absolute Gasteiger partial charge is 0.313 e. The highest BCUT2D eigenvalue weighted by Gasteiger charge is 2.42. The third-order valence-corrected chi connectivity index (χ3v) is 5.89. The monoisotopic (exact) mass is 280 g/mol. The van der Waals surface area contributed by atoms with Crippen molar-refractivity contribution < 1.29 is 0 Å². The fourth-order valence-corrected chi connectivity index (χ4v) is 4.41. The van der Waals surface area contributed by atoms with Crippen molar-refractivity contribution >= 4 is 0 Å². The first kappa shape index (κ1) is 16.3. The van der Waals surface area contributed by atoms with E-state index in [1.165, 1.54) is 38.9 Å². The number of rotatable bonds is 4. The van der Waals surface area contributed by atoms with E-state index < -0.39 is 0 Å². The van der Waals surface area contributed by atoms with Gasteiger partial charge in [0.1, 0.15) is 0 Å². The van der Waals surface area contributed by atoms with E-state index in [4.69, 9.17) is 0 Å². The summed E-state index contributed by atoms with van der Waals surface area (Å²) in [5, 5.41) is 3.77. The maximum atomic E-state index is 3.77. The zero-order chi connectivity index (χ0) is 15.0. The summed E-state index contributed by atoms with van der Waals surface area (Å²) in [6, 6.07) is 0.709. The van der Waals surface area contributed by atoms with Gasteiger partial charge >= 0.3 is 0 Å². The number of hydrogen-bond donors (Lipinski definition) is 1. The average molecular weight is 280 g/mol. The lowest BCUT2D eigenvalue weighted by Gasteiger charge is -2.34. The van der Waals surface area contributed by atoms with Gasteiger partial charge in [-0.2, -0.15) is 0 Å². The molecule has 0 aromatic rings. The Bertz CT molecular complexity index is 316. The third-order valence-electron chi connectivity index (χ3n) is 5.89. The summed E-state index contributed by atoms with van der Waals surface area (Å²) >= 11 is 0. The maximum Gasteiger partial charge on any atom is 0.0159 e. The Labute approximate surface area is 126 Å². The van der Waals surface area contributed by atoms with Crippen LogP contribution in [0, 0.1) is 22.7 Å². The van der Waals surface area contributed by atoms with Gasteiger partial charge in [-0.05, 0) is 55.0 Å². The van der Waals surface area contributed by atoms with Crippen LogP contribution in [-0.2, 0) is 0 Å². The van der Waals surface area contributed by atoms with Crippen molar-refractivity contribution in [2.45, 2.75) is 66.8 Å². The molecule has 2 fully saturated rings. The summed E-state index contributed by atoms with van der Waals surface area (Å²) < 4.78 is 0. The van der Waals surface area contributed by atoms with Crippen molar-refractivity contribution in [3.63, 3.8) is 0 Å². The molecule has 0 aromatic carbocycles. The van der Waals surface area contributed by atoms with Crippen LogP contribution in [-0.4, -0.2) is 37.1 Å². The first-order chi connectivity index (χ1) is 9.24. The van der Waals surface area contributed by atoms with Crippen LogP contribution in [0.2, 0.25) is 0 Å². The third kappa shape index (κ3) is 3.57. The molecule has 1 heterocycles. The second-order valence-electron chi connectivity index (χ2n) is 8.93. The second kappa shape index (κ2) is 5.96. The van der Waals surface area contributed by atoms with E-state index in [-0.39, 0.29) is 0 Å². The zero-order valence-corrected chi connectivity index (χ0v) is 14.6. The molecule has 2 aliphatic rings. The molecule has 20 heavy (non-hydrogen) atoms. The molecular weight excluding hydrogens is 244 g/mol. The molecule has 2 nitrogen and oxygen atoms in total. The van der Waals surface area contributed by atoms with E-state index in [2.05, 4.69) is 51.8 Å². The summed E-state index contributed by atoms with van der Waals surface area (Å²) in [6.07, 6.45) is 4.18. The summed E-state index contributed by atoms with van der Waals surface area (Å²) in [7, 11) is 0. The summed E-state index contributed by atoms with van der Waals surface area (Å²) in [4.78, 5) is 2.74. The fraction of sp³-hybridized carbons (Fsp3) is 1.00. The quantitative estimate of drug-likeness (QED) is 0.843. The number of hydrogen-bond acceptors (Lipinski definition) is 2. The predicted octanol–water partition coefficient (Wildman–Crippen LogP) is 3.77. The van der Waals surface area contributed by atoms with E-state index in [0.29, 0.717) is 16.9 Å². The van der Waals surface area contributed by atoms with E-state index in [9.17, 15) is 0 Å². The van der Waals surface area contributed by atoms with Crippen LogP contribution < -0.4 is 5.32 Å². The van der Waals surface area contributed by atoms with Crippen LogP contribution in [0.25, 0.3) is 0 Å². The molecule has 2 rings (SSSR count). The van der Waals surface area contributed by atoms with E-state index in [1.54, 1.807) is 0 Å². The molecule has 1 saturated heterocycles. The summed E-state index contributed by atoms with van der Waals surface area (Å²) in [6.45, 7) is 19.4. The zero-order valence-electron chi connectivity index (χ0n) is 14.6. The highest BCUT2D eigenvalue weighted by molar-refractivity contribution is 4.98. The molecule has 0 bridgehead atoms. The molecule has 3 unspecified atom stereocenters. The van der Waals surface area contributed by atoms with Crippen molar-refractivity contribution in [2.75, 3.05) is 26.2 Å². The number of nitrogens with zero attached hydrogens (tertiary/aromatic N) is 1. The number of likely N-dealkylation sites (tertiary alicyclic amines) is 1. The molecule has 2 heteroatoms. The standard InChI is InChI=1S/C18H36N2/c1-7-19-16-14(8-10-18(16,5)6)12-20-11-9-15(13-20)17(2,3)4/h14-16,19H,7-13H2,1-6H3. The van der Waals surface area contributed by atoms with Gasteiger partial charge in [0.25, 0.3) is 0 Å². The first-order valence-electron chi connectivity index (χ1n) is 8.70. The SMILES string of the molecule is CCNC1C(CN2CCC(C(C)(C)C)C2)CCC1(C)C. The van der Waals surface area contributed by atoms with Gasteiger partial charge in [0, 0.05) is 19.1 Å². The fourth-order valence-electron chi connectivity index (χ4n) is 4.41. The van der Waals surface area contributed by atoms with Crippen molar-refractivity contribution in [1.82, 2.24) is 10.2 Å². The minimum Gasteiger partial charge on any atom is -0.313 e. The summed E-state index contributed by atoms with van der Waals surface area (Å²) in [5.41, 5.74) is 0.953. The Morgan fingerprint density at radius 2 is 1.90 bits per heavy atom. The molecule has 118 valence electrons. The van der Waals surface area contributed by atoms with Crippen LogP contribution in [0.1, 0.15) is 60.8 Å². The van der Waals surface area contributed by atoms with Gasteiger partial charge < -0.3 is 10.2 Å². The minimum absolute atomic E-state index is 0.476. The average Bonchev–Trinajstić information content (AvgIpc) is 2.89. The number of nitrogens with one attached hydrogen (secondary N) is 1. The molecule has 0 amide bonds. The van der Waals surface area contributed by atoms with Gasteiger partial charge in [-0.25, -0.2) is 0 Å². The normalized spacial score (nSPS) is 34.8. The maximum absolute atomic E-state index is 3.77. The topological polar surface area (TPSA) is 15.3 Å². The van der Waals surface area contributed by atoms with Gasteiger partial charge in [0.15, 0.2) is 0 Å². The Morgan fingerprint density at radius 1 is 1.20 bits per heavy atom. The molecule has 0 aromatic heterocycles. The smallest absolute Gasteiger partial charge is 0.0159 e. The Balaban J connectivity index is 1.91. The molecule has 0 spiro atoms. The van der Waals surface area contributed by atoms with Gasteiger partial charge in [0.05, 0.1) is 0 Å². The predicted molar refractivity (Wildman–Crippen MR) is 88.0 cm³/mol. The van der Waals surface area contributed by atoms with E-state index in [1.807, 2.05) is 0 Å². The Morgan fingerprint density at radius 3 is 2.45 bits per heavy atom. The van der Waals surface area contributed by atoms with Gasteiger partial charge in [-0.1, -0.05) is 41.5 Å². The van der Waals surface area contributed by atoms with Gasteiger partial charge in [0.2, 0.25) is 0 Å². The molecule has 0 radical (unpaired) electrons. The molecule has 1 aliphatic carbocycles. The van der Waals surface area contributed by atoms with E-state index >= 15 is 0 Å². The summed E-state index contributed by atoms with van der Waals surface area (Å²) in [5.74, 6) is 1.73. The Hall–Kier alpha value is -0.0800. The van der Waals surface area contributed by atoms with Crippen LogP contribution in [0.5, 0.6) is 0 Å². The molecule has 1 saturated carbocycles. The minimum atomic E-state index is 0.476. The molecule has 1 aliphatic heterocycles. The Kier molecular flexibility index (Phi) is 4.86. The lowest BCUT2D eigenvalue weighted by atomic mass is 9.80. The lowest BCUT2D eigenvalue weighted by Crippen LogP contribution is -2.45. The van der Waals surface area contributed by atoms with Crippen LogP contribution in [0.15, 0.2) is 0 Å². The lowest BCUT2D eigenvalue weighted by molar-refractivity contribution is 0.185. The van der Waals surface area contributed by atoms with Crippen LogP contribution in [0.4, 0.5) is 0 Å². The van der Waals surface area contributed by atoms with Crippen molar-refractivity contribution in [2.24, 2.45) is 22.7 Å². The second-order valence-corrected chi connectivity index (χ2v) is 8.93. The van der Waals surface area contributed by atoms with Gasteiger partial charge in [-0.15, -0.1) is 0 Å². The van der Waals surface area contributed by atoms with E-state index in [0.717, 1.165) is 18.4 Å². The van der Waals surface area contributed by atoms with Crippen molar-refractivity contribution in [3.05, 3.63) is 0 Å². The molecule has 3 atom stereocenters. The van der Waals surface area contributed by atoms with Crippen LogP contribution >= 0.6 is 0 Å². The molecule has 1 N–H and O–H groups in total. The first-order valence-corrected chi connectivity index (χ1v) is 8.70. The van der Waals surface area contributed by atoms with Crippen LogP contribution in [0.3, 0.4) is 0 Å². The molecular formula is C18H36N2. The highest BCUT2D eigenvalue weighted by atomic mass is 15.2. The van der Waals surface area contributed by atoms with Crippen molar-refractivity contribution in [3.8, 4) is 0 Å². The van der Waals surface area contributed by atoms with Crippen molar-refractivity contribution in [1.29, 1.82) is 0 Å². The highest BCUT2D eigenvalue weighted by Crippen LogP contribution is 2.42.